The molecule has 1 amide bonds. The van der Waals surface area contributed by atoms with Crippen LogP contribution in [0.4, 0.5) is 4.39 Å². The third-order valence-corrected chi connectivity index (χ3v) is 4.29. The highest BCUT2D eigenvalue weighted by Crippen LogP contribution is 2.33. The number of benzene rings is 1. The number of hydrogen-bond donors (Lipinski definition) is 2. The fourth-order valence-electron chi connectivity index (χ4n) is 2.58. The van der Waals surface area contributed by atoms with Gasteiger partial charge in [0, 0.05) is 25.2 Å². The van der Waals surface area contributed by atoms with Crippen LogP contribution in [0.15, 0.2) is 24.3 Å². The van der Waals surface area contributed by atoms with Crippen LogP contribution in [0.2, 0.25) is 0 Å². The summed E-state index contributed by atoms with van der Waals surface area (Å²) >= 11 is 0. The van der Waals surface area contributed by atoms with E-state index in [0.29, 0.717) is 26.1 Å². The molecule has 2 rings (SSSR count). The Morgan fingerprint density at radius 2 is 2.05 bits per heavy atom. The van der Waals surface area contributed by atoms with E-state index in [1.54, 1.807) is 13.0 Å². The molecule has 0 aromatic heterocycles. The van der Waals surface area contributed by atoms with Gasteiger partial charge in [-0.3, -0.25) is 4.79 Å². The van der Waals surface area contributed by atoms with Crippen molar-refractivity contribution >= 4 is 5.91 Å². The fourth-order valence-corrected chi connectivity index (χ4v) is 2.58. The van der Waals surface area contributed by atoms with Crippen molar-refractivity contribution in [1.29, 1.82) is 0 Å². The van der Waals surface area contributed by atoms with Crippen molar-refractivity contribution in [2.75, 3.05) is 13.2 Å². The molecule has 0 bridgehead atoms. The standard InChI is InChI=1S/C16H23FN2O2/c1-11(12(2)18)15(20)19-16(6-8-21-9-7-16)13-4-3-5-14(17)10-13/h3-5,10-12H,6-9,18H2,1-2H3,(H,19,20). The summed E-state index contributed by atoms with van der Waals surface area (Å²) in [5.74, 6) is -0.692. The number of carbonyl (C=O) groups is 1. The highest BCUT2D eigenvalue weighted by atomic mass is 19.1. The molecular formula is C16H23FN2O2. The summed E-state index contributed by atoms with van der Waals surface area (Å²) in [5.41, 5.74) is 6.02. The molecule has 0 spiro atoms. The highest BCUT2D eigenvalue weighted by Gasteiger charge is 2.37. The second kappa shape index (κ2) is 6.54. The van der Waals surface area contributed by atoms with E-state index in [1.807, 2.05) is 13.0 Å². The van der Waals surface area contributed by atoms with Gasteiger partial charge < -0.3 is 15.8 Å². The molecule has 2 atom stereocenters. The molecule has 1 aromatic carbocycles. The highest BCUT2D eigenvalue weighted by molar-refractivity contribution is 5.80. The molecule has 1 fully saturated rings. The zero-order chi connectivity index (χ0) is 15.5. The van der Waals surface area contributed by atoms with Gasteiger partial charge in [0.1, 0.15) is 5.82 Å². The minimum atomic E-state index is -0.569. The van der Waals surface area contributed by atoms with Crippen molar-refractivity contribution in [3.8, 4) is 0 Å². The maximum absolute atomic E-state index is 13.6. The first kappa shape index (κ1) is 15.9. The van der Waals surface area contributed by atoms with Crippen molar-refractivity contribution in [2.45, 2.75) is 38.3 Å². The topological polar surface area (TPSA) is 64.4 Å². The molecule has 1 saturated heterocycles. The molecule has 116 valence electrons. The largest absolute Gasteiger partial charge is 0.381 e. The molecule has 21 heavy (non-hydrogen) atoms. The van der Waals surface area contributed by atoms with E-state index in [0.717, 1.165) is 5.56 Å². The van der Waals surface area contributed by atoms with Gasteiger partial charge in [-0.1, -0.05) is 19.1 Å². The second-order valence-electron chi connectivity index (χ2n) is 5.84. The van der Waals surface area contributed by atoms with E-state index >= 15 is 0 Å². The minimum absolute atomic E-state index is 0.101. The van der Waals surface area contributed by atoms with Gasteiger partial charge in [0.2, 0.25) is 5.91 Å². The van der Waals surface area contributed by atoms with E-state index in [-0.39, 0.29) is 23.7 Å². The Morgan fingerprint density at radius 3 is 2.62 bits per heavy atom. The molecule has 1 aliphatic heterocycles. The molecule has 1 aliphatic rings. The molecule has 3 N–H and O–H groups in total. The Morgan fingerprint density at radius 1 is 1.38 bits per heavy atom. The summed E-state index contributed by atoms with van der Waals surface area (Å²) in [4.78, 5) is 12.4. The van der Waals surface area contributed by atoms with Gasteiger partial charge >= 0.3 is 0 Å². The van der Waals surface area contributed by atoms with Crippen LogP contribution in [-0.4, -0.2) is 25.2 Å². The summed E-state index contributed by atoms with van der Waals surface area (Å²) in [6, 6.07) is 6.19. The molecule has 4 nitrogen and oxygen atoms in total. The van der Waals surface area contributed by atoms with E-state index in [2.05, 4.69) is 5.32 Å². The van der Waals surface area contributed by atoms with Gasteiger partial charge in [-0.05, 0) is 37.5 Å². The van der Waals surface area contributed by atoms with Crippen LogP contribution in [-0.2, 0) is 15.1 Å². The van der Waals surface area contributed by atoms with Crippen molar-refractivity contribution in [3.05, 3.63) is 35.6 Å². The number of amides is 1. The first-order chi connectivity index (χ1) is 9.94. The van der Waals surface area contributed by atoms with Crippen LogP contribution in [0, 0.1) is 11.7 Å². The number of carbonyl (C=O) groups excluding carboxylic acids is 1. The van der Waals surface area contributed by atoms with Crippen molar-refractivity contribution < 1.29 is 13.9 Å². The normalized spacial score (nSPS) is 20.6. The first-order valence-electron chi connectivity index (χ1n) is 7.36. The monoisotopic (exact) mass is 294 g/mol. The lowest BCUT2D eigenvalue weighted by Crippen LogP contribution is -2.52. The van der Waals surface area contributed by atoms with Crippen molar-refractivity contribution in [3.63, 3.8) is 0 Å². The molecule has 1 aromatic rings. The van der Waals surface area contributed by atoms with Gasteiger partial charge in [0.25, 0.3) is 0 Å². The smallest absolute Gasteiger partial charge is 0.225 e. The van der Waals surface area contributed by atoms with E-state index in [4.69, 9.17) is 10.5 Å². The quantitative estimate of drug-likeness (QED) is 0.892. The Bertz CT molecular complexity index is 499. The molecule has 0 radical (unpaired) electrons. The van der Waals surface area contributed by atoms with Crippen LogP contribution in [0.3, 0.4) is 0 Å². The third-order valence-electron chi connectivity index (χ3n) is 4.29. The van der Waals surface area contributed by atoms with Crippen LogP contribution < -0.4 is 11.1 Å². The van der Waals surface area contributed by atoms with Crippen molar-refractivity contribution in [1.82, 2.24) is 5.32 Å². The molecule has 2 unspecified atom stereocenters. The zero-order valence-electron chi connectivity index (χ0n) is 12.6. The Labute approximate surface area is 124 Å². The summed E-state index contributed by atoms with van der Waals surface area (Å²) in [5, 5.41) is 3.09. The SMILES string of the molecule is CC(N)C(C)C(=O)NC1(c2cccc(F)c2)CCOCC1. The van der Waals surface area contributed by atoms with Gasteiger partial charge in [-0.25, -0.2) is 4.39 Å². The Hall–Kier alpha value is -1.46. The maximum Gasteiger partial charge on any atom is 0.225 e. The van der Waals surface area contributed by atoms with Crippen LogP contribution in [0.25, 0.3) is 0 Å². The average Bonchev–Trinajstić information content (AvgIpc) is 2.47. The number of hydrogen-bond acceptors (Lipinski definition) is 3. The number of ether oxygens (including phenoxy) is 1. The molecule has 1 heterocycles. The van der Waals surface area contributed by atoms with Crippen LogP contribution >= 0.6 is 0 Å². The predicted octanol–water partition coefficient (Wildman–Crippen LogP) is 1.93. The molecule has 0 saturated carbocycles. The molecule has 0 aliphatic carbocycles. The Balaban J connectivity index is 2.27. The van der Waals surface area contributed by atoms with E-state index in [1.165, 1.54) is 12.1 Å². The zero-order valence-corrected chi connectivity index (χ0v) is 12.6. The Kier molecular flexibility index (Phi) is 4.96. The number of rotatable bonds is 4. The maximum atomic E-state index is 13.6. The molecule has 5 heteroatoms. The van der Waals surface area contributed by atoms with E-state index in [9.17, 15) is 9.18 Å². The van der Waals surface area contributed by atoms with Gasteiger partial charge in [0.15, 0.2) is 0 Å². The number of halogens is 1. The average molecular weight is 294 g/mol. The number of nitrogens with two attached hydrogens (primary N) is 1. The minimum Gasteiger partial charge on any atom is -0.381 e. The van der Waals surface area contributed by atoms with Gasteiger partial charge in [-0.15, -0.1) is 0 Å². The lowest BCUT2D eigenvalue weighted by atomic mass is 9.82. The van der Waals surface area contributed by atoms with Crippen LogP contribution in [0.1, 0.15) is 32.3 Å². The summed E-state index contributed by atoms with van der Waals surface area (Å²) < 4.78 is 18.9. The predicted molar refractivity (Wildman–Crippen MR) is 79.1 cm³/mol. The lowest BCUT2D eigenvalue weighted by molar-refractivity contribution is -0.128. The first-order valence-corrected chi connectivity index (χ1v) is 7.36. The third kappa shape index (κ3) is 3.60. The lowest BCUT2D eigenvalue weighted by Gasteiger charge is -2.39. The van der Waals surface area contributed by atoms with Crippen molar-refractivity contribution in [2.24, 2.45) is 11.7 Å². The summed E-state index contributed by atoms with van der Waals surface area (Å²) in [7, 11) is 0. The van der Waals surface area contributed by atoms with E-state index < -0.39 is 5.54 Å². The molecular weight excluding hydrogens is 271 g/mol. The second-order valence-corrected chi connectivity index (χ2v) is 5.84. The van der Waals surface area contributed by atoms with Gasteiger partial charge in [-0.2, -0.15) is 0 Å². The van der Waals surface area contributed by atoms with Crippen LogP contribution in [0.5, 0.6) is 0 Å². The fraction of sp³-hybridized carbons (Fsp3) is 0.562. The number of nitrogens with one attached hydrogen (secondary N) is 1. The summed E-state index contributed by atoms with van der Waals surface area (Å²) in [6.45, 7) is 4.70. The summed E-state index contributed by atoms with van der Waals surface area (Å²) in [6.07, 6.45) is 1.27. The van der Waals surface area contributed by atoms with Gasteiger partial charge in [0.05, 0.1) is 5.54 Å².